The van der Waals surface area contributed by atoms with Gasteiger partial charge in [-0.3, -0.25) is 0 Å². The van der Waals surface area contributed by atoms with Crippen LogP contribution in [0.4, 0.5) is 0 Å². The van der Waals surface area contributed by atoms with Crippen LogP contribution in [0.2, 0.25) is 0 Å². The van der Waals surface area contributed by atoms with E-state index >= 15 is 0 Å². The fourth-order valence-electron chi connectivity index (χ4n) is 4.16. The van der Waals surface area contributed by atoms with E-state index in [4.69, 9.17) is 9.97 Å². The molecular weight excluding hydrogens is 388 g/mol. The molecule has 0 N–H and O–H groups in total. The topological polar surface area (TPSA) is 25.8 Å². The fraction of sp³-hybridized carbons (Fsp3) is 0. The van der Waals surface area contributed by atoms with Crippen molar-refractivity contribution in [2.75, 3.05) is 0 Å². The smallest absolute Gasteiger partial charge is 0.0894 e. The van der Waals surface area contributed by atoms with Crippen LogP contribution in [0.15, 0.2) is 121 Å². The van der Waals surface area contributed by atoms with E-state index in [-0.39, 0.29) is 0 Å². The molecule has 0 bridgehead atoms. The van der Waals surface area contributed by atoms with Gasteiger partial charge in [-0.15, -0.1) is 0 Å². The molecule has 0 unspecified atom stereocenters. The summed E-state index contributed by atoms with van der Waals surface area (Å²) in [7, 11) is 0. The first kappa shape index (κ1) is 18.5. The van der Waals surface area contributed by atoms with Crippen molar-refractivity contribution in [1.29, 1.82) is 0 Å². The predicted molar refractivity (Wildman–Crippen MR) is 133 cm³/mol. The second-order valence-electron chi connectivity index (χ2n) is 7.94. The lowest BCUT2D eigenvalue weighted by atomic mass is 10.0. The van der Waals surface area contributed by atoms with Crippen LogP contribution >= 0.6 is 0 Å². The molecule has 6 rings (SSSR count). The van der Waals surface area contributed by atoms with E-state index in [0.29, 0.717) is 0 Å². The zero-order chi connectivity index (χ0) is 21.3. The molecule has 0 atom stereocenters. The molecule has 6 aromatic rings. The van der Waals surface area contributed by atoms with E-state index in [0.717, 1.165) is 33.2 Å². The van der Waals surface area contributed by atoms with Gasteiger partial charge in [-0.25, -0.2) is 9.97 Å². The first-order valence-corrected chi connectivity index (χ1v) is 10.8. The van der Waals surface area contributed by atoms with Gasteiger partial charge in [0.15, 0.2) is 0 Å². The van der Waals surface area contributed by atoms with Crippen molar-refractivity contribution in [1.82, 2.24) is 9.97 Å². The Hall–Kier alpha value is -4.30. The standard InChI is InChI=1S/C30H20N2/c1-3-7-21(8-4-1)23-11-15-27-25(19-23)13-17-29(31-27)30-18-14-26-20-24(12-16-28(26)32-30)22-9-5-2-6-10-22/h1-20H. The third-order valence-corrected chi connectivity index (χ3v) is 5.86. The summed E-state index contributed by atoms with van der Waals surface area (Å²) in [5.41, 5.74) is 8.55. The summed E-state index contributed by atoms with van der Waals surface area (Å²) in [5.74, 6) is 0. The maximum absolute atomic E-state index is 4.89. The Morgan fingerprint density at radius 2 is 0.781 bits per heavy atom. The lowest BCUT2D eigenvalue weighted by Crippen LogP contribution is -1.90. The number of aromatic nitrogens is 2. The quantitative estimate of drug-likeness (QED) is 0.299. The molecule has 0 aliphatic rings. The van der Waals surface area contributed by atoms with Gasteiger partial charge in [0.2, 0.25) is 0 Å². The van der Waals surface area contributed by atoms with Gasteiger partial charge in [-0.05, 0) is 58.7 Å². The van der Waals surface area contributed by atoms with Crippen LogP contribution in [0.5, 0.6) is 0 Å². The van der Waals surface area contributed by atoms with Gasteiger partial charge in [0.25, 0.3) is 0 Å². The molecule has 0 aliphatic heterocycles. The summed E-state index contributed by atoms with van der Waals surface area (Å²) >= 11 is 0. The molecule has 0 aliphatic carbocycles. The van der Waals surface area contributed by atoms with Crippen molar-refractivity contribution in [2.24, 2.45) is 0 Å². The molecule has 0 amide bonds. The number of fused-ring (bicyclic) bond motifs is 2. The molecule has 2 heterocycles. The maximum atomic E-state index is 4.89. The number of rotatable bonds is 3. The zero-order valence-electron chi connectivity index (χ0n) is 17.4. The molecule has 4 aromatic carbocycles. The van der Waals surface area contributed by atoms with E-state index in [2.05, 4.69) is 109 Å². The molecule has 0 fully saturated rings. The highest BCUT2D eigenvalue weighted by Crippen LogP contribution is 2.28. The van der Waals surface area contributed by atoms with Gasteiger partial charge in [0.05, 0.1) is 22.4 Å². The van der Waals surface area contributed by atoms with Crippen molar-refractivity contribution in [3.8, 4) is 33.6 Å². The summed E-state index contributed by atoms with van der Waals surface area (Å²) in [4.78, 5) is 9.78. The van der Waals surface area contributed by atoms with Crippen LogP contribution in [0.3, 0.4) is 0 Å². The average molecular weight is 409 g/mol. The van der Waals surface area contributed by atoms with Crippen LogP contribution in [-0.2, 0) is 0 Å². The lowest BCUT2D eigenvalue weighted by Gasteiger charge is -2.08. The van der Waals surface area contributed by atoms with E-state index in [1.54, 1.807) is 0 Å². The maximum Gasteiger partial charge on any atom is 0.0894 e. The third-order valence-electron chi connectivity index (χ3n) is 5.86. The van der Waals surface area contributed by atoms with E-state index < -0.39 is 0 Å². The van der Waals surface area contributed by atoms with Crippen molar-refractivity contribution in [3.05, 3.63) is 121 Å². The summed E-state index contributed by atoms with van der Waals surface area (Å²) in [5, 5.41) is 2.26. The molecule has 0 radical (unpaired) electrons. The van der Waals surface area contributed by atoms with Gasteiger partial charge in [0.1, 0.15) is 0 Å². The van der Waals surface area contributed by atoms with E-state index in [9.17, 15) is 0 Å². The normalized spacial score (nSPS) is 11.1. The Morgan fingerprint density at radius 1 is 0.344 bits per heavy atom. The van der Waals surface area contributed by atoms with Crippen LogP contribution in [0, 0.1) is 0 Å². The number of pyridine rings is 2. The largest absolute Gasteiger partial charge is 0.246 e. The number of hydrogen-bond donors (Lipinski definition) is 0. The number of benzene rings is 4. The minimum Gasteiger partial charge on any atom is -0.246 e. The van der Waals surface area contributed by atoms with Crippen molar-refractivity contribution in [3.63, 3.8) is 0 Å². The third kappa shape index (κ3) is 3.42. The molecular formula is C30H20N2. The summed E-state index contributed by atoms with van der Waals surface area (Å²) < 4.78 is 0. The highest BCUT2D eigenvalue weighted by atomic mass is 14.8. The van der Waals surface area contributed by atoms with Crippen molar-refractivity contribution in [2.45, 2.75) is 0 Å². The molecule has 0 saturated carbocycles. The lowest BCUT2D eigenvalue weighted by molar-refractivity contribution is 1.32. The minimum absolute atomic E-state index is 0.888. The highest BCUT2D eigenvalue weighted by Gasteiger charge is 2.07. The van der Waals surface area contributed by atoms with Gasteiger partial charge in [0, 0.05) is 10.8 Å². The van der Waals surface area contributed by atoms with Crippen LogP contribution in [-0.4, -0.2) is 9.97 Å². The monoisotopic (exact) mass is 408 g/mol. The summed E-state index contributed by atoms with van der Waals surface area (Å²) in [6.45, 7) is 0. The Bertz CT molecular complexity index is 1430. The van der Waals surface area contributed by atoms with Gasteiger partial charge in [-0.2, -0.15) is 0 Å². The zero-order valence-corrected chi connectivity index (χ0v) is 17.4. The number of nitrogens with zero attached hydrogens (tertiary/aromatic N) is 2. The highest BCUT2D eigenvalue weighted by molar-refractivity contribution is 5.88. The van der Waals surface area contributed by atoms with Gasteiger partial charge >= 0.3 is 0 Å². The Kier molecular flexibility index (Phi) is 4.47. The molecule has 2 nitrogen and oxygen atoms in total. The summed E-state index contributed by atoms with van der Waals surface area (Å²) in [6.07, 6.45) is 0. The Labute approximate surface area is 186 Å². The Morgan fingerprint density at radius 3 is 1.22 bits per heavy atom. The van der Waals surface area contributed by atoms with Gasteiger partial charge < -0.3 is 0 Å². The van der Waals surface area contributed by atoms with E-state index in [1.165, 1.54) is 22.3 Å². The Balaban J connectivity index is 1.36. The average Bonchev–Trinajstić information content (AvgIpc) is 2.88. The fourth-order valence-corrected chi connectivity index (χ4v) is 4.16. The molecule has 2 heteroatoms. The predicted octanol–water partition coefficient (Wildman–Crippen LogP) is 7.78. The SMILES string of the molecule is c1ccc(-c2ccc3nc(-c4ccc5cc(-c6ccccc6)ccc5n4)ccc3c2)cc1. The number of hydrogen-bond acceptors (Lipinski definition) is 2. The van der Waals surface area contributed by atoms with Gasteiger partial charge in [-0.1, -0.05) is 84.9 Å². The molecule has 2 aromatic heterocycles. The van der Waals surface area contributed by atoms with Crippen molar-refractivity contribution < 1.29 is 0 Å². The van der Waals surface area contributed by atoms with E-state index in [1.807, 2.05) is 12.1 Å². The van der Waals surface area contributed by atoms with Crippen LogP contribution in [0.1, 0.15) is 0 Å². The minimum atomic E-state index is 0.888. The molecule has 0 saturated heterocycles. The molecule has 0 spiro atoms. The first-order chi connectivity index (χ1) is 15.8. The second-order valence-corrected chi connectivity index (χ2v) is 7.94. The molecule has 150 valence electrons. The summed E-state index contributed by atoms with van der Waals surface area (Å²) in [6, 6.07) is 42.1. The second kappa shape index (κ2) is 7.75. The first-order valence-electron chi connectivity index (χ1n) is 10.8. The van der Waals surface area contributed by atoms with Crippen LogP contribution < -0.4 is 0 Å². The molecule has 32 heavy (non-hydrogen) atoms. The van der Waals surface area contributed by atoms with Crippen LogP contribution in [0.25, 0.3) is 55.4 Å². The van der Waals surface area contributed by atoms with Crippen molar-refractivity contribution >= 4 is 21.8 Å².